The monoisotopic (exact) mass is 492 g/mol. The van der Waals surface area contributed by atoms with Crippen LogP contribution in [-0.2, 0) is 0 Å². The number of aryl methyl sites for hydroxylation is 2. The van der Waals surface area contributed by atoms with Crippen molar-refractivity contribution in [2.45, 2.75) is 91.9 Å². The second-order valence-electron chi connectivity index (χ2n) is 11.8. The van der Waals surface area contributed by atoms with Crippen LogP contribution in [0.5, 0.6) is 0 Å². The van der Waals surface area contributed by atoms with Crippen LogP contribution in [0, 0.1) is 13.8 Å². The molecule has 0 atom stereocenters. The van der Waals surface area contributed by atoms with Gasteiger partial charge in [0.15, 0.2) is 0 Å². The number of benzene rings is 2. The molecule has 0 bridgehead atoms. The molecule has 0 aliphatic rings. The standard InChI is InChI=1S/C29H51P3/c1-20(2)31(12,21(3)4)28-16-14-24(9)18-26(28)30(11)27-19-25(10)15-17-29(27)32(13,22(5)6)23(7)8/h14-23,31-32H,1-13H3. The molecule has 0 aliphatic heterocycles. The van der Waals surface area contributed by atoms with E-state index in [1.165, 1.54) is 11.1 Å². The molecular weight excluding hydrogens is 441 g/mol. The first-order valence-electron chi connectivity index (χ1n) is 12.6. The second kappa shape index (κ2) is 10.6. The molecular formula is C29H51P3. The Kier molecular flexibility index (Phi) is 9.23. The van der Waals surface area contributed by atoms with Gasteiger partial charge in [-0.3, -0.25) is 0 Å². The molecule has 0 fully saturated rings. The van der Waals surface area contributed by atoms with E-state index in [0.717, 1.165) is 22.6 Å². The van der Waals surface area contributed by atoms with Crippen molar-refractivity contribution in [3.8, 4) is 0 Å². The summed E-state index contributed by atoms with van der Waals surface area (Å²) in [5.74, 6) is 0. The molecule has 2 rings (SSSR count). The zero-order chi connectivity index (χ0) is 24.6. The van der Waals surface area contributed by atoms with Gasteiger partial charge in [0.2, 0.25) is 0 Å². The third kappa shape index (κ3) is 5.05. The first kappa shape index (κ1) is 28.0. The van der Waals surface area contributed by atoms with Crippen molar-refractivity contribution < 1.29 is 0 Å². The molecule has 2 aromatic carbocycles. The van der Waals surface area contributed by atoms with Gasteiger partial charge in [-0.2, -0.15) is 0 Å². The Hall–Kier alpha value is -0.270. The topological polar surface area (TPSA) is 0 Å². The molecule has 0 aromatic heterocycles. The summed E-state index contributed by atoms with van der Waals surface area (Å²) in [5.41, 5.74) is 5.74. The number of rotatable bonds is 8. The van der Waals surface area contributed by atoms with Crippen LogP contribution in [0.2, 0.25) is 0 Å². The average molecular weight is 493 g/mol. The van der Waals surface area contributed by atoms with Crippen LogP contribution in [0.3, 0.4) is 0 Å². The van der Waals surface area contributed by atoms with Gasteiger partial charge in [0.05, 0.1) is 0 Å². The van der Waals surface area contributed by atoms with Crippen LogP contribution in [-0.4, -0.2) is 42.6 Å². The quantitative estimate of drug-likeness (QED) is 0.348. The van der Waals surface area contributed by atoms with Crippen molar-refractivity contribution >= 4 is 43.7 Å². The van der Waals surface area contributed by atoms with Crippen molar-refractivity contribution in [2.75, 3.05) is 20.0 Å². The van der Waals surface area contributed by atoms with E-state index in [4.69, 9.17) is 0 Å². The molecule has 0 unspecified atom stereocenters. The van der Waals surface area contributed by atoms with Crippen molar-refractivity contribution in [1.29, 1.82) is 0 Å². The van der Waals surface area contributed by atoms with Crippen LogP contribution in [0.15, 0.2) is 36.4 Å². The van der Waals surface area contributed by atoms with E-state index in [-0.39, 0.29) is 0 Å². The predicted molar refractivity (Wildman–Crippen MR) is 163 cm³/mol. The van der Waals surface area contributed by atoms with Gasteiger partial charge in [0.1, 0.15) is 0 Å². The molecule has 0 saturated heterocycles. The van der Waals surface area contributed by atoms with Gasteiger partial charge in [0.25, 0.3) is 0 Å². The summed E-state index contributed by atoms with van der Waals surface area (Å²) in [6, 6.07) is 14.9. The fraction of sp³-hybridized carbons (Fsp3) is 0.586. The van der Waals surface area contributed by atoms with Crippen LogP contribution >= 0.6 is 22.4 Å². The Bertz CT molecular complexity index is 832. The van der Waals surface area contributed by atoms with Gasteiger partial charge < -0.3 is 0 Å². The number of hydrogen-bond donors (Lipinski definition) is 0. The van der Waals surface area contributed by atoms with Crippen molar-refractivity contribution in [2.24, 2.45) is 0 Å². The third-order valence-electron chi connectivity index (χ3n) is 8.99. The van der Waals surface area contributed by atoms with E-state index in [1.807, 2.05) is 0 Å². The van der Waals surface area contributed by atoms with Gasteiger partial charge >= 0.3 is 203 Å². The summed E-state index contributed by atoms with van der Waals surface area (Å²) in [7, 11) is -3.68. The molecule has 0 N–H and O–H groups in total. The summed E-state index contributed by atoms with van der Waals surface area (Å²) in [4.78, 5) is 0. The molecule has 32 heavy (non-hydrogen) atoms. The Morgan fingerprint density at radius 2 is 0.844 bits per heavy atom. The minimum absolute atomic E-state index is 0.403. The van der Waals surface area contributed by atoms with E-state index in [9.17, 15) is 0 Å². The summed E-state index contributed by atoms with van der Waals surface area (Å²) in [5, 5.41) is 6.75. The molecule has 2 aromatic rings. The van der Waals surface area contributed by atoms with E-state index in [2.05, 4.69) is 126 Å². The fourth-order valence-corrected chi connectivity index (χ4v) is 17.1. The molecule has 0 aliphatic carbocycles. The zero-order valence-corrected chi connectivity index (χ0v) is 26.1. The van der Waals surface area contributed by atoms with Crippen molar-refractivity contribution in [1.82, 2.24) is 0 Å². The second-order valence-corrected chi connectivity index (χ2v) is 24.7. The van der Waals surface area contributed by atoms with Crippen LogP contribution in [0.25, 0.3) is 0 Å². The maximum absolute atomic E-state index is 2.64. The summed E-state index contributed by atoms with van der Waals surface area (Å²) >= 11 is 0. The van der Waals surface area contributed by atoms with Crippen molar-refractivity contribution in [3.05, 3.63) is 47.5 Å². The first-order chi connectivity index (χ1) is 14.7. The Balaban J connectivity index is 2.85. The molecule has 0 radical (unpaired) electrons. The van der Waals surface area contributed by atoms with E-state index in [1.54, 1.807) is 21.2 Å². The predicted octanol–water partition coefficient (Wildman–Crippen LogP) is 7.01. The van der Waals surface area contributed by atoms with Crippen molar-refractivity contribution in [3.63, 3.8) is 0 Å². The molecule has 0 heterocycles. The first-order valence-corrected chi connectivity index (χ1v) is 19.7. The molecule has 0 spiro atoms. The summed E-state index contributed by atoms with van der Waals surface area (Å²) < 4.78 is 0. The maximum atomic E-state index is 2.64. The fourth-order valence-electron chi connectivity index (χ4n) is 5.46. The number of hydrogen-bond acceptors (Lipinski definition) is 0. The van der Waals surface area contributed by atoms with Crippen LogP contribution in [0.1, 0.15) is 66.5 Å². The van der Waals surface area contributed by atoms with E-state index in [0.29, 0.717) is 0 Å². The summed E-state index contributed by atoms with van der Waals surface area (Å²) in [6.45, 7) is 32.1. The van der Waals surface area contributed by atoms with Crippen LogP contribution in [0.4, 0.5) is 0 Å². The Morgan fingerprint density at radius 1 is 0.562 bits per heavy atom. The normalized spacial score (nSPS) is 15.2. The average Bonchev–Trinajstić information content (AvgIpc) is 2.71. The van der Waals surface area contributed by atoms with Gasteiger partial charge in [-0.15, -0.1) is 0 Å². The van der Waals surface area contributed by atoms with Gasteiger partial charge in [-0.05, 0) is 0 Å². The molecule has 3 heteroatoms. The molecule has 0 saturated carbocycles. The summed E-state index contributed by atoms with van der Waals surface area (Å²) in [6.07, 6.45) is 0. The van der Waals surface area contributed by atoms with Gasteiger partial charge in [-0.25, -0.2) is 0 Å². The van der Waals surface area contributed by atoms with E-state index < -0.39 is 22.4 Å². The van der Waals surface area contributed by atoms with E-state index >= 15 is 0 Å². The Morgan fingerprint density at radius 3 is 1.09 bits per heavy atom. The molecule has 0 nitrogen and oxygen atoms in total. The van der Waals surface area contributed by atoms with Gasteiger partial charge in [0, 0.05) is 0 Å². The molecule has 0 amide bonds. The Labute approximate surface area is 202 Å². The van der Waals surface area contributed by atoms with Gasteiger partial charge in [-0.1, -0.05) is 0 Å². The SMILES string of the molecule is Cc1ccc([PH](C)(C(C)C)C(C)C)c(P(C)c2cc(C)ccc2[PH](C)(C(C)C)C(C)C)c1. The minimum atomic E-state index is -1.64. The molecule has 182 valence electrons. The third-order valence-corrected chi connectivity index (χ3v) is 24.4. The van der Waals surface area contributed by atoms with Crippen LogP contribution < -0.4 is 21.2 Å². The zero-order valence-electron chi connectivity index (χ0n) is 23.2.